The van der Waals surface area contributed by atoms with Gasteiger partial charge >= 0.3 is 6.09 Å². The molecule has 2 saturated heterocycles. The van der Waals surface area contributed by atoms with Gasteiger partial charge < -0.3 is 19.1 Å². The van der Waals surface area contributed by atoms with Crippen LogP contribution in [0.25, 0.3) is 0 Å². The van der Waals surface area contributed by atoms with Crippen molar-refractivity contribution in [1.82, 2.24) is 9.88 Å². The van der Waals surface area contributed by atoms with Crippen molar-refractivity contribution in [1.29, 1.82) is 0 Å². The van der Waals surface area contributed by atoms with Crippen molar-refractivity contribution in [2.75, 3.05) is 0 Å². The monoisotopic (exact) mass is 456 g/mol. The minimum atomic E-state index is -1.00. The maximum Gasteiger partial charge on any atom is 0.410 e. The van der Waals surface area contributed by atoms with Crippen LogP contribution < -0.4 is 9.47 Å². The first-order valence-corrected chi connectivity index (χ1v) is 11.6. The van der Waals surface area contributed by atoms with Crippen LogP contribution >= 0.6 is 11.6 Å². The maximum atomic E-state index is 12.8. The molecular weight excluding hydrogens is 428 g/mol. The first-order chi connectivity index (χ1) is 15.1. The second kappa shape index (κ2) is 7.55. The van der Waals surface area contributed by atoms with Gasteiger partial charge in [-0.3, -0.25) is 4.98 Å². The molecule has 32 heavy (non-hydrogen) atoms. The molecule has 0 aliphatic carbocycles. The number of hydrogen-bond acceptors (Lipinski definition) is 5. The van der Waals surface area contributed by atoms with E-state index in [4.69, 9.17) is 25.8 Å². The lowest BCUT2D eigenvalue weighted by Gasteiger charge is -2.39. The van der Waals surface area contributed by atoms with Crippen LogP contribution in [0, 0.1) is 0 Å². The summed E-state index contributed by atoms with van der Waals surface area (Å²) in [6.07, 6.45) is 5.22. The number of para-hydroxylation sites is 1. The van der Waals surface area contributed by atoms with Crippen LogP contribution in [0.5, 0.6) is 11.5 Å². The molecule has 2 bridgehead atoms. The SMILES string of the molecule is CC(C)(C)OC(=O)N1C2CCC1CC(c1cccc3c1OC(C)(c1ccc(Cl)cn1)O3)C2. The van der Waals surface area contributed by atoms with E-state index in [1.807, 2.05) is 50.8 Å². The number of piperidine rings is 1. The lowest BCUT2D eigenvalue weighted by atomic mass is 9.84. The Bertz CT molecular complexity index is 1020. The van der Waals surface area contributed by atoms with Crippen molar-refractivity contribution >= 4 is 17.7 Å². The van der Waals surface area contributed by atoms with E-state index in [1.54, 1.807) is 12.3 Å². The summed E-state index contributed by atoms with van der Waals surface area (Å²) < 4.78 is 18.3. The number of rotatable bonds is 2. The summed E-state index contributed by atoms with van der Waals surface area (Å²) in [5.74, 6) is 0.801. The number of nitrogens with zero attached hydrogens (tertiary/aromatic N) is 2. The molecule has 3 atom stereocenters. The summed E-state index contributed by atoms with van der Waals surface area (Å²) in [7, 11) is 0. The number of pyridine rings is 1. The van der Waals surface area contributed by atoms with Crippen molar-refractivity contribution in [2.45, 2.75) is 82.8 Å². The highest BCUT2D eigenvalue weighted by Crippen LogP contribution is 2.52. The number of amides is 1. The molecule has 2 fully saturated rings. The Morgan fingerprint density at radius 2 is 1.88 bits per heavy atom. The molecule has 3 aliphatic heterocycles. The zero-order valence-electron chi connectivity index (χ0n) is 18.9. The van der Waals surface area contributed by atoms with Crippen molar-refractivity contribution in [3.63, 3.8) is 0 Å². The van der Waals surface area contributed by atoms with E-state index >= 15 is 0 Å². The van der Waals surface area contributed by atoms with Gasteiger partial charge in [0.15, 0.2) is 11.5 Å². The van der Waals surface area contributed by atoms with Crippen LogP contribution in [0.3, 0.4) is 0 Å². The standard InChI is InChI=1S/C25H29ClN2O4/c1-24(2,3)32-23(29)28-17-9-10-18(28)13-15(12-17)19-6-5-7-20-22(19)31-25(4,30-20)21-11-8-16(26)14-27-21/h5-8,11,14-15,17-18H,9-10,12-13H2,1-4H3. The Labute approximate surface area is 193 Å². The van der Waals surface area contributed by atoms with Gasteiger partial charge in [0.05, 0.1) is 5.02 Å². The highest BCUT2D eigenvalue weighted by molar-refractivity contribution is 6.30. The van der Waals surface area contributed by atoms with Crippen molar-refractivity contribution in [3.05, 3.63) is 52.8 Å². The summed E-state index contributed by atoms with van der Waals surface area (Å²) in [6, 6.07) is 10.1. The number of benzene rings is 1. The van der Waals surface area contributed by atoms with Gasteiger partial charge in [0.2, 0.25) is 0 Å². The van der Waals surface area contributed by atoms with E-state index in [9.17, 15) is 4.79 Å². The Hall–Kier alpha value is -2.47. The lowest BCUT2D eigenvalue weighted by molar-refractivity contribution is -0.0722. The summed E-state index contributed by atoms with van der Waals surface area (Å²) in [6.45, 7) is 7.62. The zero-order valence-corrected chi connectivity index (χ0v) is 19.7. The molecule has 0 radical (unpaired) electrons. The molecule has 7 heteroatoms. The van der Waals surface area contributed by atoms with Crippen molar-refractivity contribution in [3.8, 4) is 11.5 Å². The number of carbonyl (C=O) groups excluding carboxylic acids is 1. The number of halogens is 1. The van der Waals surface area contributed by atoms with Crippen LogP contribution in [0.15, 0.2) is 36.5 Å². The topological polar surface area (TPSA) is 60.9 Å². The number of fused-ring (bicyclic) bond motifs is 3. The molecule has 2 aromatic rings. The van der Waals surface area contributed by atoms with E-state index < -0.39 is 11.4 Å². The number of aromatic nitrogens is 1. The van der Waals surface area contributed by atoms with Crippen LogP contribution in [0.4, 0.5) is 4.79 Å². The maximum absolute atomic E-state index is 12.8. The number of ether oxygens (including phenoxy) is 3. The van der Waals surface area contributed by atoms with Gasteiger partial charge in [-0.25, -0.2) is 4.79 Å². The van der Waals surface area contributed by atoms with Gasteiger partial charge in [0.1, 0.15) is 11.3 Å². The molecule has 4 heterocycles. The van der Waals surface area contributed by atoms with Gasteiger partial charge in [-0.05, 0) is 70.6 Å². The predicted octanol–water partition coefficient (Wildman–Crippen LogP) is 6.02. The quantitative estimate of drug-likeness (QED) is 0.552. The van der Waals surface area contributed by atoms with Crippen molar-refractivity contribution < 1.29 is 19.0 Å². The van der Waals surface area contributed by atoms with Gasteiger partial charge in [0.25, 0.3) is 5.79 Å². The second-order valence-corrected chi connectivity index (χ2v) is 10.6. The average Bonchev–Trinajstić information content (AvgIpc) is 3.20. The van der Waals surface area contributed by atoms with Gasteiger partial charge in [-0.15, -0.1) is 0 Å². The molecule has 1 aromatic carbocycles. The zero-order chi connectivity index (χ0) is 22.7. The molecule has 6 nitrogen and oxygen atoms in total. The minimum absolute atomic E-state index is 0.191. The normalized spacial score (nSPS) is 28.7. The molecule has 3 aliphatic rings. The first kappa shape index (κ1) is 21.4. The molecule has 1 amide bonds. The lowest BCUT2D eigenvalue weighted by Crippen LogP contribution is -2.48. The first-order valence-electron chi connectivity index (χ1n) is 11.3. The van der Waals surface area contributed by atoms with Gasteiger partial charge in [-0.1, -0.05) is 23.7 Å². The van der Waals surface area contributed by atoms with E-state index in [0.29, 0.717) is 16.6 Å². The molecule has 0 saturated carbocycles. The highest BCUT2D eigenvalue weighted by Gasteiger charge is 2.47. The number of carbonyl (C=O) groups is 1. The molecule has 0 N–H and O–H groups in total. The minimum Gasteiger partial charge on any atom is -0.444 e. The van der Waals surface area contributed by atoms with Crippen LogP contribution in [-0.2, 0) is 10.5 Å². The predicted molar refractivity (Wildman–Crippen MR) is 121 cm³/mol. The molecule has 3 unspecified atom stereocenters. The third-order valence-electron chi connectivity index (χ3n) is 6.58. The average molecular weight is 457 g/mol. The van der Waals surface area contributed by atoms with Gasteiger partial charge in [0, 0.05) is 30.8 Å². The van der Waals surface area contributed by atoms with E-state index in [0.717, 1.165) is 42.7 Å². The summed E-state index contributed by atoms with van der Waals surface area (Å²) in [5.41, 5.74) is 1.32. The number of hydrogen-bond donors (Lipinski definition) is 0. The second-order valence-electron chi connectivity index (χ2n) is 10.1. The molecule has 5 rings (SSSR count). The highest BCUT2D eigenvalue weighted by atomic mass is 35.5. The van der Waals surface area contributed by atoms with Gasteiger partial charge in [-0.2, -0.15) is 0 Å². The third-order valence-corrected chi connectivity index (χ3v) is 6.80. The molecular formula is C25H29ClN2O4. The van der Waals surface area contributed by atoms with Crippen molar-refractivity contribution in [2.24, 2.45) is 0 Å². The molecule has 0 spiro atoms. The fraction of sp³-hybridized carbons (Fsp3) is 0.520. The smallest absolute Gasteiger partial charge is 0.410 e. The van der Waals surface area contributed by atoms with Crippen LogP contribution in [-0.4, -0.2) is 33.7 Å². The molecule has 170 valence electrons. The summed E-state index contributed by atoms with van der Waals surface area (Å²) in [5, 5.41) is 0.570. The van der Waals surface area contributed by atoms with E-state index in [2.05, 4.69) is 11.1 Å². The summed E-state index contributed by atoms with van der Waals surface area (Å²) in [4.78, 5) is 19.2. The molecule has 1 aromatic heterocycles. The Morgan fingerprint density at radius 3 is 2.50 bits per heavy atom. The van der Waals surface area contributed by atoms with Crippen LogP contribution in [0.2, 0.25) is 5.02 Å². The third kappa shape index (κ3) is 3.79. The fourth-order valence-electron chi connectivity index (χ4n) is 5.26. The largest absolute Gasteiger partial charge is 0.444 e. The fourth-order valence-corrected chi connectivity index (χ4v) is 5.37. The summed E-state index contributed by atoms with van der Waals surface area (Å²) >= 11 is 6.00. The van der Waals surface area contributed by atoms with Crippen LogP contribution in [0.1, 0.15) is 70.6 Å². The van der Waals surface area contributed by atoms with E-state index in [-0.39, 0.29) is 18.2 Å². The van der Waals surface area contributed by atoms with E-state index in [1.165, 1.54) is 0 Å². The Morgan fingerprint density at radius 1 is 1.16 bits per heavy atom. The Balaban J connectivity index is 1.37. The Kier molecular flexibility index (Phi) is 5.04.